The molecule has 4 rings (SSSR count). The summed E-state index contributed by atoms with van der Waals surface area (Å²) in [6.45, 7) is 0.841. The SMILES string of the molecule is COc1cccc(/C(O)=C2/C(=O)C(=O)N(CCCn3ccnc3)C2c2cccc(F)c2)c1. The first-order valence-corrected chi connectivity index (χ1v) is 10.1. The normalized spacial score (nSPS) is 17.7. The third-order valence-corrected chi connectivity index (χ3v) is 5.42. The molecule has 1 amide bonds. The Balaban J connectivity index is 1.75. The van der Waals surface area contributed by atoms with Crippen molar-refractivity contribution >= 4 is 17.4 Å². The number of ketones is 1. The fraction of sp³-hybridized carbons (Fsp3) is 0.208. The van der Waals surface area contributed by atoms with Gasteiger partial charge < -0.3 is 19.3 Å². The second-order valence-electron chi connectivity index (χ2n) is 7.43. The Hall–Kier alpha value is -3.94. The van der Waals surface area contributed by atoms with E-state index in [2.05, 4.69) is 4.98 Å². The van der Waals surface area contributed by atoms with E-state index < -0.39 is 23.5 Å². The minimum Gasteiger partial charge on any atom is -0.507 e. The lowest BCUT2D eigenvalue weighted by Crippen LogP contribution is -2.31. The number of aromatic nitrogens is 2. The Morgan fingerprint density at radius 2 is 1.97 bits per heavy atom. The van der Waals surface area contributed by atoms with Crippen molar-refractivity contribution in [1.29, 1.82) is 0 Å². The molecule has 1 aliphatic rings. The van der Waals surface area contributed by atoms with E-state index >= 15 is 0 Å². The lowest BCUT2D eigenvalue weighted by molar-refractivity contribution is -0.139. The molecule has 2 aromatic carbocycles. The van der Waals surface area contributed by atoms with E-state index in [1.54, 1.807) is 49.1 Å². The van der Waals surface area contributed by atoms with Crippen LogP contribution in [0.2, 0.25) is 0 Å². The lowest BCUT2D eigenvalue weighted by Gasteiger charge is -2.25. The van der Waals surface area contributed by atoms with Crippen LogP contribution in [0.1, 0.15) is 23.6 Å². The van der Waals surface area contributed by atoms with E-state index in [0.29, 0.717) is 29.8 Å². The van der Waals surface area contributed by atoms with Crippen LogP contribution < -0.4 is 4.74 Å². The Labute approximate surface area is 184 Å². The van der Waals surface area contributed by atoms with Crippen LogP contribution in [0, 0.1) is 5.82 Å². The Kier molecular flexibility index (Phi) is 6.02. The number of benzene rings is 2. The first-order valence-electron chi connectivity index (χ1n) is 10.1. The highest BCUT2D eigenvalue weighted by atomic mass is 19.1. The number of methoxy groups -OCH3 is 1. The van der Waals surface area contributed by atoms with E-state index in [9.17, 15) is 19.1 Å². The van der Waals surface area contributed by atoms with Crippen molar-refractivity contribution < 1.29 is 23.8 Å². The van der Waals surface area contributed by atoms with E-state index in [1.807, 2.05) is 4.57 Å². The van der Waals surface area contributed by atoms with Crippen molar-refractivity contribution in [3.8, 4) is 5.75 Å². The predicted molar refractivity (Wildman–Crippen MR) is 115 cm³/mol. The number of aliphatic hydroxyl groups excluding tert-OH is 1. The maximum absolute atomic E-state index is 14.0. The number of imidazole rings is 1. The maximum atomic E-state index is 14.0. The number of aryl methyl sites for hydroxylation is 1. The number of ether oxygens (including phenoxy) is 1. The largest absolute Gasteiger partial charge is 0.507 e. The second kappa shape index (κ2) is 9.05. The molecule has 1 N–H and O–H groups in total. The van der Waals surface area contributed by atoms with Crippen LogP contribution in [-0.2, 0) is 16.1 Å². The Morgan fingerprint density at radius 1 is 1.16 bits per heavy atom. The van der Waals surface area contributed by atoms with Crippen molar-refractivity contribution in [3.05, 3.63) is 89.8 Å². The molecule has 1 atom stereocenters. The highest BCUT2D eigenvalue weighted by Gasteiger charge is 2.45. The summed E-state index contributed by atoms with van der Waals surface area (Å²) in [5.74, 6) is -1.86. The molecule has 164 valence electrons. The van der Waals surface area contributed by atoms with Gasteiger partial charge in [-0.05, 0) is 36.2 Å². The van der Waals surface area contributed by atoms with Gasteiger partial charge in [-0.15, -0.1) is 0 Å². The van der Waals surface area contributed by atoms with Gasteiger partial charge in [0.15, 0.2) is 0 Å². The van der Waals surface area contributed by atoms with Gasteiger partial charge in [0.05, 0.1) is 25.1 Å². The topological polar surface area (TPSA) is 84.7 Å². The van der Waals surface area contributed by atoms with Crippen LogP contribution in [0.3, 0.4) is 0 Å². The quantitative estimate of drug-likeness (QED) is 0.349. The molecule has 0 saturated carbocycles. The molecular weight excluding hydrogens is 413 g/mol. The molecule has 0 aliphatic carbocycles. The lowest BCUT2D eigenvalue weighted by atomic mass is 9.95. The zero-order valence-corrected chi connectivity index (χ0v) is 17.4. The fourth-order valence-corrected chi connectivity index (χ4v) is 3.90. The summed E-state index contributed by atoms with van der Waals surface area (Å²) >= 11 is 0. The summed E-state index contributed by atoms with van der Waals surface area (Å²) in [5.41, 5.74) is 0.676. The number of rotatable bonds is 7. The van der Waals surface area contributed by atoms with Gasteiger partial charge >= 0.3 is 0 Å². The molecule has 7 nitrogen and oxygen atoms in total. The molecule has 32 heavy (non-hydrogen) atoms. The number of carbonyl (C=O) groups is 2. The van der Waals surface area contributed by atoms with Gasteiger partial charge in [0.2, 0.25) is 0 Å². The number of likely N-dealkylation sites (tertiary alicyclic amines) is 1. The third-order valence-electron chi connectivity index (χ3n) is 5.42. The van der Waals surface area contributed by atoms with Crippen molar-refractivity contribution in [2.24, 2.45) is 0 Å². The number of hydrogen-bond donors (Lipinski definition) is 1. The minimum absolute atomic E-state index is 0.0727. The van der Waals surface area contributed by atoms with Crippen LogP contribution in [-0.4, -0.2) is 44.9 Å². The number of carbonyl (C=O) groups excluding carboxylic acids is 2. The molecule has 8 heteroatoms. The van der Waals surface area contributed by atoms with E-state index in [-0.39, 0.29) is 17.9 Å². The summed E-state index contributed by atoms with van der Waals surface area (Å²) in [6.07, 6.45) is 5.68. The maximum Gasteiger partial charge on any atom is 0.295 e. The van der Waals surface area contributed by atoms with Crippen LogP contribution in [0.15, 0.2) is 72.8 Å². The zero-order chi connectivity index (χ0) is 22.7. The number of halogens is 1. The molecule has 0 bridgehead atoms. The number of Topliss-reactive ketones (excluding diaryl/α,β-unsaturated/α-hetero) is 1. The summed E-state index contributed by atoms with van der Waals surface area (Å²) in [7, 11) is 1.49. The van der Waals surface area contributed by atoms with Gasteiger partial charge in [-0.1, -0.05) is 24.3 Å². The molecule has 3 aromatic rings. The highest BCUT2D eigenvalue weighted by molar-refractivity contribution is 6.46. The predicted octanol–water partition coefficient (Wildman–Crippen LogP) is 3.54. The van der Waals surface area contributed by atoms with E-state index in [1.165, 1.54) is 30.2 Å². The molecule has 1 fully saturated rings. The third kappa shape index (κ3) is 4.12. The van der Waals surface area contributed by atoms with Crippen molar-refractivity contribution in [1.82, 2.24) is 14.5 Å². The van der Waals surface area contributed by atoms with Crippen LogP contribution in [0.5, 0.6) is 5.75 Å². The van der Waals surface area contributed by atoms with E-state index in [4.69, 9.17) is 4.74 Å². The van der Waals surface area contributed by atoms with Crippen LogP contribution >= 0.6 is 0 Å². The van der Waals surface area contributed by atoms with Crippen LogP contribution in [0.25, 0.3) is 5.76 Å². The minimum atomic E-state index is -0.903. The molecule has 0 spiro atoms. The molecule has 0 radical (unpaired) electrons. The monoisotopic (exact) mass is 435 g/mol. The average Bonchev–Trinajstić information content (AvgIpc) is 3.41. The van der Waals surface area contributed by atoms with Crippen molar-refractivity contribution in [3.63, 3.8) is 0 Å². The first kappa shape index (κ1) is 21.3. The number of amides is 1. The zero-order valence-electron chi connectivity index (χ0n) is 17.4. The average molecular weight is 435 g/mol. The summed E-state index contributed by atoms with van der Waals surface area (Å²) in [4.78, 5) is 31.3. The Morgan fingerprint density at radius 3 is 2.69 bits per heavy atom. The van der Waals surface area contributed by atoms with Gasteiger partial charge in [-0.3, -0.25) is 9.59 Å². The molecular formula is C24H22FN3O4. The highest BCUT2D eigenvalue weighted by Crippen LogP contribution is 2.40. The Bertz CT molecular complexity index is 1170. The molecule has 1 aliphatic heterocycles. The second-order valence-corrected chi connectivity index (χ2v) is 7.43. The van der Waals surface area contributed by atoms with Gasteiger partial charge in [0, 0.05) is 31.0 Å². The summed E-state index contributed by atoms with van der Waals surface area (Å²) < 4.78 is 21.1. The molecule has 1 aromatic heterocycles. The number of aliphatic hydroxyl groups is 1. The number of nitrogens with zero attached hydrogens (tertiary/aromatic N) is 3. The molecule has 1 saturated heterocycles. The van der Waals surface area contributed by atoms with Crippen LogP contribution in [0.4, 0.5) is 4.39 Å². The smallest absolute Gasteiger partial charge is 0.295 e. The fourth-order valence-electron chi connectivity index (χ4n) is 3.90. The summed E-state index contributed by atoms with van der Waals surface area (Å²) in [6, 6.07) is 11.4. The molecule has 2 heterocycles. The van der Waals surface area contributed by atoms with Crippen molar-refractivity contribution in [2.45, 2.75) is 19.0 Å². The van der Waals surface area contributed by atoms with Crippen molar-refractivity contribution in [2.75, 3.05) is 13.7 Å². The standard InChI is InChI=1S/C24H22FN3O4/c1-32-19-8-3-6-17(14-19)22(29)20-21(16-5-2-7-18(25)13-16)28(24(31)23(20)30)11-4-10-27-12-9-26-15-27/h2-3,5-9,12-15,21,29H,4,10-11H2,1H3/b22-20-. The van der Waals surface area contributed by atoms with Gasteiger partial charge in [0.25, 0.3) is 11.7 Å². The molecule has 1 unspecified atom stereocenters. The van der Waals surface area contributed by atoms with Gasteiger partial charge in [-0.25, -0.2) is 9.37 Å². The van der Waals surface area contributed by atoms with Gasteiger partial charge in [-0.2, -0.15) is 0 Å². The number of hydrogen-bond acceptors (Lipinski definition) is 5. The summed E-state index contributed by atoms with van der Waals surface area (Å²) in [5, 5.41) is 11.0. The first-order chi connectivity index (χ1) is 15.5. The van der Waals surface area contributed by atoms with Gasteiger partial charge in [0.1, 0.15) is 17.3 Å². The van der Waals surface area contributed by atoms with E-state index in [0.717, 1.165) is 0 Å².